The van der Waals surface area contributed by atoms with Gasteiger partial charge in [-0.15, -0.1) is 5.10 Å². The van der Waals surface area contributed by atoms with Crippen LogP contribution >= 0.6 is 11.6 Å². The number of aryl methyl sites for hydroxylation is 2. The normalized spacial score (nSPS) is 11.0. The molecule has 0 aliphatic carbocycles. The second-order valence-corrected chi connectivity index (χ2v) is 7.30. The number of para-hydroxylation sites is 1. The van der Waals surface area contributed by atoms with Crippen LogP contribution in [-0.2, 0) is 17.8 Å². The molecular weight excluding hydrogens is 402 g/mol. The predicted molar refractivity (Wildman–Crippen MR) is 117 cm³/mol. The molecule has 7 nitrogen and oxygen atoms in total. The molecule has 2 heterocycles. The lowest BCUT2D eigenvalue weighted by atomic mass is 10.1. The van der Waals surface area contributed by atoms with Gasteiger partial charge >= 0.3 is 0 Å². The van der Waals surface area contributed by atoms with Crippen LogP contribution in [0.1, 0.15) is 18.2 Å². The minimum atomic E-state index is -0.318. The number of nitrogens with zero attached hydrogens (tertiary/aromatic N) is 4. The molecular formula is C22H20ClN5O2. The molecule has 0 saturated carbocycles. The van der Waals surface area contributed by atoms with E-state index >= 15 is 0 Å². The van der Waals surface area contributed by atoms with Gasteiger partial charge in [-0.1, -0.05) is 48.9 Å². The van der Waals surface area contributed by atoms with Gasteiger partial charge in [0.2, 0.25) is 11.7 Å². The van der Waals surface area contributed by atoms with Crippen molar-refractivity contribution in [2.75, 3.05) is 5.32 Å². The van der Waals surface area contributed by atoms with E-state index in [9.17, 15) is 9.59 Å². The van der Waals surface area contributed by atoms with Crippen LogP contribution in [0.25, 0.3) is 17.2 Å². The van der Waals surface area contributed by atoms with E-state index in [0.29, 0.717) is 22.1 Å². The number of aromatic nitrogens is 4. The maximum Gasteiger partial charge on any atom is 0.275 e. The van der Waals surface area contributed by atoms with Gasteiger partial charge in [-0.2, -0.15) is 9.50 Å². The van der Waals surface area contributed by atoms with Crippen LogP contribution in [0.4, 0.5) is 5.69 Å². The minimum absolute atomic E-state index is 0.00564. The van der Waals surface area contributed by atoms with Gasteiger partial charge in [-0.25, -0.2) is 0 Å². The van der Waals surface area contributed by atoms with Crippen molar-refractivity contribution in [2.24, 2.45) is 0 Å². The largest absolute Gasteiger partial charge is 0.324 e. The molecule has 8 heteroatoms. The van der Waals surface area contributed by atoms with Crippen LogP contribution in [0.15, 0.2) is 59.4 Å². The lowest BCUT2D eigenvalue weighted by Gasteiger charge is -2.13. The lowest BCUT2D eigenvalue weighted by Crippen LogP contribution is -2.25. The van der Waals surface area contributed by atoms with Gasteiger partial charge in [0.15, 0.2) is 5.82 Å². The van der Waals surface area contributed by atoms with Crippen molar-refractivity contribution in [1.82, 2.24) is 19.2 Å². The van der Waals surface area contributed by atoms with Crippen molar-refractivity contribution < 1.29 is 4.79 Å². The Balaban J connectivity index is 1.73. The number of carbonyl (C=O) groups is 1. The Morgan fingerprint density at radius 1 is 1.13 bits per heavy atom. The monoisotopic (exact) mass is 421 g/mol. The third-order valence-corrected chi connectivity index (χ3v) is 5.22. The Kier molecular flexibility index (Phi) is 5.37. The number of carbonyl (C=O) groups excluding carboxylic acids is 1. The standard InChI is InChI=1S/C22H20ClN5O2/c1-3-15-8-4-7-11-18(15)24-19(29)13-27-14(2)12-20(30)28-22(27)25-21(26-28)16-9-5-6-10-17(16)23/h4-12H,3,13H2,1-2H3,(H,24,29). The van der Waals surface area contributed by atoms with E-state index in [4.69, 9.17) is 11.6 Å². The molecule has 4 aromatic rings. The molecule has 0 unspecified atom stereocenters. The average molecular weight is 422 g/mol. The quantitative estimate of drug-likeness (QED) is 0.532. The van der Waals surface area contributed by atoms with Crippen molar-refractivity contribution in [3.05, 3.63) is 81.2 Å². The highest BCUT2D eigenvalue weighted by Gasteiger charge is 2.17. The molecule has 0 spiro atoms. The van der Waals surface area contributed by atoms with Crippen LogP contribution in [0.2, 0.25) is 5.02 Å². The van der Waals surface area contributed by atoms with Gasteiger partial charge in [0.05, 0.1) is 5.02 Å². The molecule has 0 aliphatic rings. The fourth-order valence-corrected chi connectivity index (χ4v) is 3.56. The summed E-state index contributed by atoms with van der Waals surface area (Å²) in [4.78, 5) is 29.7. The maximum absolute atomic E-state index is 12.8. The Labute approximate surface area is 178 Å². The summed E-state index contributed by atoms with van der Waals surface area (Å²) in [7, 11) is 0. The van der Waals surface area contributed by atoms with Crippen LogP contribution in [0, 0.1) is 6.92 Å². The second kappa shape index (κ2) is 8.12. The Hall–Kier alpha value is -3.45. The van der Waals surface area contributed by atoms with Crippen molar-refractivity contribution in [3.8, 4) is 11.4 Å². The fourth-order valence-electron chi connectivity index (χ4n) is 3.34. The van der Waals surface area contributed by atoms with E-state index in [1.54, 1.807) is 23.6 Å². The highest BCUT2D eigenvalue weighted by atomic mass is 35.5. The highest BCUT2D eigenvalue weighted by Crippen LogP contribution is 2.25. The molecule has 0 fully saturated rings. The first-order valence-corrected chi connectivity index (χ1v) is 9.95. The van der Waals surface area contributed by atoms with Gasteiger partial charge in [0, 0.05) is 23.0 Å². The molecule has 0 radical (unpaired) electrons. The van der Waals surface area contributed by atoms with Crippen LogP contribution in [-0.4, -0.2) is 25.1 Å². The maximum atomic E-state index is 12.8. The first-order chi connectivity index (χ1) is 14.5. The van der Waals surface area contributed by atoms with Gasteiger partial charge < -0.3 is 9.88 Å². The zero-order chi connectivity index (χ0) is 21.3. The van der Waals surface area contributed by atoms with Crippen LogP contribution in [0.3, 0.4) is 0 Å². The number of anilines is 1. The Morgan fingerprint density at radius 3 is 2.63 bits per heavy atom. The average Bonchev–Trinajstić information content (AvgIpc) is 3.17. The van der Waals surface area contributed by atoms with E-state index in [-0.39, 0.29) is 23.8 Å². The number of rotatable bonds is 5. The molecule has 0 aliphatic heterocycles. The highest BCUT2D eigenvalue weighted by molar-refractivity contribution is 6.33. The van der Waals surface area contributed by atoms with Crippen LogP contribution < -0.4 is 10.9 Å². The van der Waals surface area contributed by atoms with E-state index in [1.165, 1.54) is 10.6 Å². The van der Waals surface area contributed by atoms with E-state index in [2.05, 4.69) is 15.4 Å². The summed E-state index contributed by atoms with van der Waals surface area (Å²) in [5, 5.41) is 7.75. The number of hydrogen-bond acceptors (Lipinski definition) is 4. The molecule has 152 valence electrons. The van der Waals surface area contributed by atoms with Gasteiger partial charge in [-0.3, -0.25) is 9.59 Å². The Morgan fingerprint density at radius 2 is 1.87 bits per heavy atom. The van der Waals surface area contributed by atoms with Crippen molar-refractivity contribution in [1.29, 1.82) is 0 Å². The number of amides is 1. The van der Waals surface area contributed by atoms with Gasteiger partial charge in [0.25, 0.3) is 5.56 Å². The molecule has 1 amide bonds. The lowest BCUT2D eigenvalue weighted by molar-refractivity contribution is -0.116. The molecule has 30 heavy (non-hydrogen) atoms. The summed E-state index contributed by atoms with van der Waals surface area (Å²) in [6.07, 6.45) is 0.809. The van der Waals surface area contributed by atoms with E-state index in [0.717, 1.165) is 17.7 Å². The summed E-state index contributed by atoms with van der Waals surface area (Å²) in [6.45, 7) is 3.79. The molecule has 2 aromatic heterocycles. The fraction of sp³-hybridized carbons (Fsp3) is 0.182. The number of fused-ring (bicyclic) bond motifs is 1. The third-order valence-electron chi connectivity index (χ3n) is 4.89. The zero-order valence-electron chi connectivity index (χ0n) is 16.6. The van der Waals surface area contributed by atoms with Gasteiger partial charge in [-0.05, 0) is 37.1 Å². The molecule has 0 saturated heterocycles. The smallest absolute Gasteiger partial charge is 0.275 e. The first kappa shape index (κ1) is 19.8. The SMILES string of the molecule is CCc1ccccc1NC(=O)Cn1c(C)cc(=O)n2nc(-c3ccccc3Cl)nc12. The Bertz CT molecular complexity index is 1310. The van der Waals surface area contributed by atoms with Crippen molar-refractivity contribution in [3.63, 3.8) is 0 Å². The van der Waals surface area contributed by atoms with Gasteiger partial charge in [0.1, 0.15) is 6.54 Å². The molecule has 0 bridgehead atoms. The summed E-state index contributed by atoms with van der Waals surface area (Å²) in [6, 6.07) is 16.3. The van der Waals surface area contributed by atoms with Crippen LogP contribution in [0.5, 0.6) is 0 Å². The summed E-state index contributed by atoms with van der Waals surface area (Å²) < 4.78 is 2.86. The van der Waals surface area contributed by atoms with Crippen molar-refractivity contribution in [2.45, 2.75) is 26.8 Å². The zero-order valence-corrected chi connectivity index (χ0v) is 17.3. The first-order valence-electron chi connectivity index (χ1n) is 9.57. The molecule has 4 rings (SSSR count). The summed E-state index contributed by atoms with van der Waals surface area (Å²) in [5.74, 6) is 0.398. The number of hydrogen-bond donors (Lipinski definition) is 1. The van der Waals surface area contributed by atoms with E-state index in [1.807, 2.05) is 43.3 Å². The minimum Gasteiger partial charge on any atom is -0.324 e. The second-order valence-electron chi connectivity index (χ2n) is 6.90. The topological polar surface area (TPSA) is 81.3 Å². The summed E-state index contributed by atoms with van der Waals surface area (Å²) >= 11 is 6.26. The molecule has 2 aromatic carbocycles. The van der Waals surface area contributed by atoms with E-state index < -0.39 is 0 Å². The number of nitrogens with one attached hydrogen (secondary N) is 1. The molecule has 1 N–H and O–H groups in total. The predicted octanol–water partition coefficient (Wildman–Crippen LogP) is 3.72. The summed E-state index contributed by atoms with van der Waals surface area (Å²) in [5.41, 5.74) is 2.74. The number of benzene rings is 2. The number of halogens is 1. The van der Waals surface area contributed by atoms with Crippen molar-refractivity contribution >= 4 is 29.0 Å². The molecule has 0 atom stereocenters. The third kappa shape index (κ3) is 3.71.